The molecule has 1 unspecified atom stereocenters. The molecule has 0 bridgehead atoms. The lowest BCUT2D eigenvalue weighted by Crippen LogP contribution is -2.48. The zero-order chi connectivity index (χ0) is 14.1. The lowest BCUT2D eigenvalue weighted by atomic mass is 9.96. The molecule has 0 radical (unpaired) electrons. The van der Waals surface area contributed by atoms with Gasteiger partial charge in [0.05, 0.1) is 0 Å². The average Bonchev–Trinajstić information content (AvgIpc) is 2.25. The van der Waals surface area contributed by atoms with Crippen LogP contribution in [-0.2, 0) is 4.79 Å². The minimum absolute atomic E-state index is 0.0645. The summed E-state index contributed by atoms with van der Waals surface area (Å²) in [6, 6.07) is 6.42. The summed E-state index contributed by atoms with van der Waals surface area (Å²) in [4.78, 5) is 13.2. The highest BCUT2D eigenvalue weighted by molar-refractivity contribution is 5.77. The van der Waals surface area contributed by atoms with Crippen LogP contribution >= 0.6 is 0 Å². The molecular formula is C15H23NO2. The van der Waals surface area contributed by atoms with Crippen molar-refractivity contribution in [2.45, 2.75) is 46.2 Å². The molecule has 1 atom stereocenters. The van der Waals surface area contributed by atoms with E-state index >= 15 is 0 Å². The van der Waals surface area contributed by atoms with Gasteiger partial charge in [0.25, 0.3) is 0 Å². The normalized spacial score (nSPS) is 13.7. The van der Waals surface area contributed by atoms with Crippen LogP contribution in [0.15, 0.2) is 18.2 Å². The largest absolute Gasteiger partial charge is 0.480 e. The quantitative estimate of drug-likeness (QED) is 0.891. The number of rotatable bonds is 4. The Morgan fingerprint density at radius 2 is 1.67 bits per heavy atom. The van der Waals surface area contributed by atoms with Gasteiger partial charge in [0, 0.05) is 6.04 Å². The summed E-state index contributed by atoms with van der Waals surface area (Å²) in [5.74, 6) is -0.804. The summed E-state index contributed by atoms with van der Waals surface area (Å²) in [7, 11) is 1.86. The van der Waals surface area contributed by atoms with Crippen LogP contribution in [0.5, 0.6) is 0 Å². The number of aryl methyl sites for hydroxylation is 2. The van der Waals surface area contributed by atoms with E-state index in [1.807, 2.05) is 18.9 Å². The second-order valence-corrected chi connectivity index (χ2v) is 5.57. The van der Waals surface area contributed by atoms with Crippen molar-refractivity contribution < 1.29 is 9.90 Å². The minimum Gasteiger partial charge on any atom is -0.480 e. The van der Waals surface area contributed by atoms with Crippen molar-refractivity contribution >= 4 is 5.97 Å². The predicted octanol–water partition coefficient (Wildman–Crippen LogP) is 3.16. The predicted molar refractivity (Wildman–Crippen MR) is 73.8 cm³/mol. The summed E-state index contributed by atoms with van der Waals surface area (Å²) in [6.07, 6.45) is 0. The van der Waals surface area contributed by atoms with Crippen molar-refractivity contribution in [2.75, 3.05) is 7.05 Å². The second-order valence-electron chi connectivity index (χ2n) is 5.57. The van der Waals surface area contributed by atoms with Gasteiger partial charge < -0.3 is 5.11 Å². The van der Waals surface area contributed by atoms with Crippen LogP contribution in [0.4, 0.5) is 0 Å². The molecule has 0 aliphatic rings. The van der Waals surface area contributed by atoms with Crippen molar-refractivity contribution in [3.8, 4) is 0 Å². The third-order valence-corrected chi connectivity index (χ3v) is 3.71. The van der Waals surface area contributed by atoms with Gasteiger partial charge in [-0.05, 0) is 47.2 Å². The first-order valence-electron chi connectivity index (χ1n) is 6.20. The van der Waals surface area contributed by atoms with E-state index in [-0.39, 0.29) is 6.04 Å². The Morgan fingerprint density at radius 3 is 2.06 bits per heavy atom. The highest BCUT2D eigenvalue weighted by atomic mass is 16.4. The monoisotopic (exact) mass is 249 g/mol. The fraction of sp³-hybridized carbons (Fsp3) is 0.533. The van der Waals surface area contributed by atoms with Crippen molar-refractivity contribution in [1.29, 1.82) is 0 Å². The smallest absolute Gasteiger partial charge is 0.323 e. The Hall–Kier alpha value is -1.35. The molecule has 1 rings (SSSR count). The summed E-state index contributed by atoms with van der Waals surface area (Å²) >= 11 is 0. The molecule has 0 amide bonds. The first kappa shape index (κ1) is 14.7. The maximum Gasteiger partial charge on any atom is 0.323 e. The molecule has 1 N–H and O–H groups in total. The summed E-state index contributed by atoms with van der Waals surface area (Å²) in [6.45, 7) is 9.62. The van der Waals surface area contributed by atoms with Gasteiger partial charge in [0.15, 0.2) is 0 Å². The van der Waals surface area contributed by atoms with E-state index in [2.05, 4.69) is 32.0 Å². The third-order valence-electron chi connectivity index (χ3n) is 3.71. The SMILES string of the molecule is Cc1cc(C)cc(C(C)N(C)C(C)(C)C(=O)O)c1. The molecule has 18 heavy (non-hydrogen) atoms. The number of likely N-dealkylation sites (N-methyl/N-ethyl adjacent to an activating group) is 1. The molecule has 0 aliphatic carbocycles. The first-order chi connectivity index (χ1) is 8.16. The highest BCUT2D eigenvalue weighted by Gasteiger charge is 2.35. The fourth-order valence-electron chi connectivity index (χ4n) is 2.11. The molecule has 3 heteroatoms. The molecule has 0 fully saturated rings. The van der Waals surface area contributed by atoms with Gasteiger partial charge in [-0.25, -0.2) is 0 Å². The second kappa shape index (κ2) is 5.11. The maximum atomic E-state index is 11.3. The molecule has 1 aromatic carbocycles. The number of nitrogens with zero attached hydrogens (tertiary/aromatic N) is 1. The van der Waals surface area contributed by atoms with E-state index in [9.17, 15) is 9.90 Å². The summed E-state index contributed by atoms with van der Waals surface area (Å²) in [5.41, 5.74) is 2.69. The Labute approximate surface area is 109 Å². The van der Waals surface area contributed by atoms with E-state index < -0.39 is 11.5 Å². The average molecular weight is 249 g/mol. The van der Waals surface area contributed by atoms with Crippen molar-refractivity contribution in [3.05, 3.63) is 34.9 Å². The third kappa shape index (κ3) is 2.91. The van der Waals surface area contributed by atoms with Crippen LogP contribution in [0.25, 0.3) is 0 Å². The van der Waals surface area contributed by atoms with Gasteiger partial charge in [-0.1, -0.05) is 29.3 Å². The molecule has 0 aliphatic heterocycles. The van der Waals surface area contributed by atoms with Crippen molar-refractivity contribution in [1.82, 2.24) is 4.90 Å². The van der Waals surface area contributed by atoms with Gasteiger partial charge in [0.2, 0.25) is 0 Å². The molecule has 1 aromatic rings. The zero-order valence-corrected chi connectivity index (χ0v) is 12.1. The minimum atomic E-state index is -0.878. The fourth-order valence-corrected chi connectivity index (χ4v) is 2.11. The highest BCUT2D eigenvalue weighted by Crippen LogP contribution is 2.27. The molecule has 0 aromatic heterocycles. The number of hydrogen-bond donors (Lipinski definition) is 1. The van der Waals surface area contributed by atoms with E-state index in [1.165, 1.54) is 11.1 Å². The van der Waals surface area contributed by atoms with E-state index in [1.54, 1.807) is 13.8 Å². The number of carboxylic acids is 1. The standard InChI is InChI=1S/C15H23NO2/c1-10-7-11(2)9-13(8-10)12(3)16(6)15(4,5)14(17)18/h7-9,12H,1-6H3,(H,17,18). The van der Waals surface area contributed by atoms with Gasteiger partial charge >= 0.3 is 5.97 Å². The number of benzene rings is 1. The molecule has 0 saturated heterocycles. The number of hydrogen-bond acceptors (Lipinski definition) is 2. The van der Waals surface area contributed by atoms with Crippen molar-refractivity contribution in [3.63, 3.8) is 0 Å². The first-order valence-corrected chi connectivity index (χ1v) is 6.20. The van der Waals surface area contributed by atoms with Gasteiger partial charge in [0.1, 0.15) is 5.54 Å². The van der Waals surface area contributed by atoms with E-state index in [4.69, 9.17) is 0 Å². The van der Waals surface area contributed by atoms with Crippen LogP contribution < -0.4 is 0 Å². The van der Waals surface area contributed by atoms with Crippen LogP contribution in [0.1, 0.15) is 43.5 Å². The Balaban J connectivity index is 3.06. The Morgan fingerprint density at radius 1 is 1.22 bits per heavy atom. The molecule has 0 spiro atoms. The topological polar surface area (TPSA) is 40.5 Å². The molecule has 100 valence electrons. The lowest BCUT2D eigenvalue weighted by molar-refractivity contribution is -0.149. The zero-order valence-electron chi connectivity index (χ0n) is 12.1. The number of carbonyl (C=O) groups is 1. The Kier molecular flexibility index (Phi) is 4.17. The number of carboxylic acid groups (broad SMARTS) is 1. The molecule has 3 nitrogen and oxygen atoms in total. The Bertz CT molecular complexity index is 432. The summed E-state index contributed by atoms with van der Waals surface area (Å²) < 4.78 is 0. The van der Waals surface area contributed by atoms with Gasteiger partial charge in [-0.3, -0.25) is 9.69 Å². The van der Waals surface area contributed by atoms with E-state index in [0.29, 0.717) is 0 Å². The summed E-state index contributed by atoms with van der Waals surface area (Å²) in [5, 5.41) is 9.27. The maximum absolute atomic E-state index is 11.3. The van der Waals surface area contributed by atoms with Crippen LogP contribution in [0, 0.1) is 13.8 Å². The van der Waals surface area contributed by atoms with Gasteiger partial charge in [-0.2, -0.15) is 0 Å². The van der Waals surface area contributed by atoms with Crippen LogP contribution in [0.2, 0.25) is 0 Å². The van der Waals surface area contributed by atoms with Crippen LogP contribution in [0.3, 0.4) is 0 Å². The lowest BCUT2D eigenvalue weighted by Gasteiger charge is -2.36. The molecule has 0 heterocycles. The van der Waals surface area contributed by atoms with E-state index in [0.717, 1.165) is 5.56 Å². The molecule has 0 saturated carbocycles. The molecular weight excluding hydrogens is 226 g/mol. The van der Waals surface area contributed by atoms with Gasteiger partial charge in [-0.15, -0.1) is 0 Å². The van der Waals surface area contributed by atoms with Crippen molar-refractivity contribution in [2.24, 2.45) is 0 Å². The number of aliphatic carboxylic acids is 1. The van der Waals surface area contributed by atoms with Crippen LogP contribution in [-0.4, -0.2) is 28.6 Å².